The van der Waals surface area contributed by atoms with E-state index in [-0.39, 0.29) is 11.9 Å². The largest absolute Gasteiger partial charge is 0.493 e. The van der Waals surface area contributed by atoms with Crippen molar-refractivity contribution in [1.82, 2.24) is 0 Å². The molecule has 0 spiro atoms. The molecule has 22 heavy (non-hydrogen) atoms. The SMILES string of the molecule is COc1ccc(/C=C/C(=O)c2ccccc2)cc1OC(C)C. The summed E-state index contributed by atoms with van der Waals surface area (Å²) < 4.78 is 11.0. The van der Waals surface area contributed by atoms with Crippen molar-refractivity contribution >= 4 is 11.9 Å². The summed E-state index contributed by atoms with van der Waals surface area (Å²) in [6, 6.07) is 14.8. The molecular formula is C19H20O3. The Labute approximate surface area is 131 Å². The van der Waals surface area contributed by atoms with Gasteiger partial charge in [0, 0.05) is 5.56 Å². The lowest BCUT2D eigenvalue weighted by molar-refractivity contribution is 0.104. The van der Waals surface area contributed by atoms with E-state index in [0.29, 0.717) is 17.1 Å². The minimum absolute atomic E-state index is 0.0252. The number of allylic oxidation sites excluding steroid dienone is 1. The third kappa shape index (κ3) is 4.22. The molecule has 0 N–H and O–H groups in total. The molecule has 0 saturated carbocycles. The Bertz CT molecular complexity index is 658. The van der Waals surface area contributed by atoms with Gasteiger partial charge in [-0.15, -0.1) is 0 Å². The predicted octanol–water partition coefficient (Wildman–Crippen LogP) is 4.38. The molecule has 0 amide bonds. The Hall–Kier alpha value is -2.55. The molecule has 3 heteroatoms. The van der Waals surface area contributed by atoms with Crippen molar-refractivity contribution in [1.29, 1.82) is 0 Å². The lowest BCUT2D eigenvalue weighted by Gasteiger charge is -2.13. The van der Waals surface area contributed by atoms with Crippen molar-refractivity contribution in [2.75, 3.05) is 7.11 Å². The molecule has 0 aliphatic rings. The zero-order valence-electron chi connectivity index (χ0n) is 13.1. The average Bonchev–Trinajstić information content (AvgIpc) is 2.53. The topological polar surface area (TPSA) is 35.5 Å². The average molecular weight is 296 g/mol. The highest BCUT2D eigenvalue weighted by Crippen LogP contribution is 2.29. The highest BCUT2D eigenvalue weighted by Gasteiger charge is 2.07. The minimum Gasteiger partial charge on any atom is -0.493 e. The zero-order chi connectivity index (χ0) is 15.9. The molecule has 2 aromatic carbocycles. The van der Waals surface area contributed by atoms with Gasteiger partial charge in [-0.25, -0.2) is 0 Å². The van der Waals surface area contributed by atoms with Crippen molar-refractivity contribution in [3.8, 4) is 11.5 Å². The van der Waals surface area contributed by atoms with Gasteiger partial charge in [-0.3, -0.25) is 4.79 Å². The molecule has 0 bridgehead atoms. The summed E-state index contributed by atoms with van der Waals surface area (Å²) >= 11 is 0. The van der Waals surface area contributed by atoms with E-state index in [2.05, 4.69) is 0 Å². The monoisotopic (exact) mass is 296 g/mol. The van der Waals surface area contributed by atoms with Gasteiger partial charge in [0.25, 0.3) is 0 Å². The second kappa shape index (κ2) is 7.46. The second-order valence-electron chi connectivity index (χ2n) is 5.14. The molecule has 0 unspecified atom stereocenters. The fourth-order valence-electron chi connectivity index (χ4n) is 2.01. The fourth-order valence-corrected chi connectivity index (χ4v) is 2.01. The van der Waals surface area contributed by atoms with Crippen molar-refractivity contribution in [2.24, 2.45) is 0 Å². The molecule has 114 valence electrons. The van der Waals surface area contributed by atoms with Crippen LogP contribution in [-0.4, -0.2) is 19.0 Å². The number of ketones is 1. The molecule has 2 aromatic rings. The third-order valence-electron chi connectivity index (χ3n) is 3.04. The number of methoxy groups -OCH3 is 1. The van der Waals surface area contributed by atoms with Gasteiger partial charge in [0.15, 0.2) is 17.3 Å². The van der Waals surface area contributed by atoms with Crippen LogP contribution in [-0.2, 0) is 0 Å². The summed E-state index contributed by atoms with van der Waals surface area (Å²) in [7, 11) is 1.61. The molecule has 0 heterocycles. The summed E-state index contributed by atoms with van der Waals surface area (Å²) in [5.74, 6) is 1.33. The standard InChI is InChI=1S/C19H20O3/c1-14(2)22-19-13-15(10-12-18(19)21-3)9-11-17(20)16-7-5-4-6-8-16/h4-14H,1-3H3/b11-9+. The third-order valence-corrected chi connectivity index (χ3v) is 3.04. The van der Waals surface area contributed by atoms with Gasteiger partial charge in [-0.2, -0.15) is 0 Å². The highest BCUT2D eigenvalue weighted by molar-refractivity contribution is 6.06. The van der Waals surface area contributed by atoms with E-state index in [1.807, 2.05) is 50.2 Å². The predicted molar refractivity (Wildman–Crippen MR) is 88.6 cm³/mol. The molecule has 0 atom stereocenters. The van der Waals surface area contributed by atoms with E-state index in [0.717, 1.165) is 5.56 Å². The highest BCUT2D eigenvalue weighted by atomic mass is 16.5. The van der Waals surface area contributed by atoms with Gasteiger partial charge in [0.2, 0.25) is 0 Å². The van der Waals surface area contributed by atoms with E-state index in [1.54, 1.807) is 31.4 Å². The van der Waals surface area contributed by atoms with E-state index in [9.17, 15) is 4.79 Å². The number of carbonyl (C=O) groups excluding carboxylic acids is 1. The number of ether oxygens (including phenoxy) is 2. The van der Waals surface area contributed by atoms with Crippen LogP contribution in [0.4, 0.5) is 0 Å². The van der Waals surface area contributed by atoms with Crippen molar-refractivity contribution in [2.45, 2.75) is 20.0 Å². The number of carbonyl (C=O) groups is 1. The molecule has 0 fully saturated rings. The number of hydrogen-bond donors (Lipinski definition) is 0. The normalized spacial score (nSPS) is 10.9. The first-order valence-corrected chi connectivity index (χ1v) is 7.22. The second-order valence-corrected chi connectivity index (χ2v) is 5.14. The molecule has 0 aliphatic carbocycles. The summed E-state index contributed by atoms with van der Waals surface area (Å²) in [5, 5.41) is 0. The van der Waals surface area contributed by atoms with Crippen molar-refractivity contribution in [3.63, 3.8) is 0 Å². The van der Waals surface area contributed by atoms with Crippen LogP contribution in [0.2, 0.25) is 0 Å². The first-order valence-electron chi connectivity index (χ1n) is 7.22. The van der Waals surface area contributed by atoms with Gasteiger partial charge in [-0.1, -0.05) is 42.5 Å². The first-order chi connectivity index (χ1) is 10.6. The van der Waals surface area contributed by atoms with Gasteiger partial charge < -0.3 is 9.47 Å². The number of hydrogen-bond acceptors (Lipinski definition) is 3. The Morgan fingerprint density at radius 1 is 1.05 bits per heavy atom. The molecule has 3 nitrogen and oxygen atoms in total. The quantitative estimate of drug-likeness (QED) is 0.586. The molecule has 0 saturated heterocycles. The Morgan fingerprint density at radius 3 is 2.41 bits per heavy atom. The van der Waals surface area contributed by atoms with Gasteiger partial charge >= 0.3 is 0 Å². The van der Waals surface area contributed by atoms with Crippen LogP contribution in [0.15, 0.2) is 54.6 Å². The smallest absolute Gasteiger partial charge is 0.185 e. The van der Waals surface area contributed by atoms with E-state index in [1.165, 1.54) is 0 Å². The fraction of sp³-hybridized carbons (Fsp3) is 0.211. The zero-order valence-corrected chi connectivity index (χ0v) is 13.1. The molecule has 0 radical (unpaired) electrons. The van der Waals surface area contributed by atoms with Crippen LogP contribution < -0.4 is 9.47 Å². The Kier molecular flexibility index (Phi) is 5.37. The summed E-state index contributed by atoms with van der Waals surface area (Å²) in [6.07, 6.45) is 3.40. The van der Waals surface area contributed by atoms with Crippen LogP contribution in [0.25, 0.3) is 6.08 Å². The maximum atomic E-state index is 12.1. The summed E-state index contributed by atoms with van der Waals surface area (Å²) in [4.78, 5) is 12.1. The Balaban J connectivity index is 2.19. The lowest BCUT2D eigenvalue weighted by Crippen LogP contribution is -2.06. The maximum absolute atomic E-state index is 12.1. The van der Waals surface area contributed by atoms with Gasteiger partial charge in [0.1, 0.15) is 0 Å². The van der Waals surface area contributed by atoms with Crippen LogP contribution in [0.5, 0.6) is 11.5 Å². The lowest BCUT2D eigenvalue weighted by atomic mass is 10.1. The van der Waals surface area contributed by atoms with Crippen molar-refractivity contribution < 1.29 is 14.3 Å². The number of benzene rings is 2. The van der Waals surface area contributed by atoms with Crippen molar-refractivity contribution in [3.05, 3.63) is 65.7 Å². The van der Waals surface area contributed by atoms with Crippen LogP contribution in [0.1, 0.15) is 29.8 Å². The van der Waals surface area contributed by atoms with E-state index < -0.39 is 0 Å². The molecule has 0 aromatic heterocycles. The molecule has 2 rings (SSSR count). The first kappa shape index (κ1) is 15.8. The maximum Gasteiger partial charge on any atom is 0.185 e. The van der Waals surface area contributed by atoms with Crippen LogP contribution in [0, 0.1) is 0 Å². The van der Waals surface area contributed by atoms with E-state index >= 15 is 0 Å². The van der Waals surface area contributed by atoms with Gasteiger partial charge in [0.05, 0.1) is 13.2 Å². The summed E-state index contributed by atoms with van der Waals surface area (Å²) in [6.45, 7) is 3.92. The Morgan fingerprint density at radius 2 is 1.77 bits per heavy atom. The molecular weight excluding hydrogens is 276 g/mol. The van der Waals surface area contributed by atoms with Gasteiger partial charge in [-0.05, 0) is 37.6 Å². The summed E-state index contributed by atoms with van der Waals surface area (Å²) in [5.41, 5.74) is 1.56. The molecule has 0 aliphatic heterocycles. The minimum atomic E-state index is -0.0252. The van der Waals surface area contributed by atoms with Crippen LogP contribution >= 0.6 is 0 Å². The van der Waals surface area contributed by atoms with E-state index in [4.69, 9.17) is 9.47 Å². The number of rotatable bonds is 6. The van der Waals surface area contributed by atoms with Crippen LogP contribution in [0.3, 0.4) is 0 Å².